The molecule has 1 aromatic heterocycles. The Morgan fingerprint density at radius 3 is 2.53 bits per heavy atom. The fourth-order valence-electron chi connectivity index (χ4n) is 4.75. The van der Waals surface area contributed by atoms with Gasteiger partial charge < -0.3 is 19.1 Å². The third-order valence-corrected chi connectivity index (χ3v) is 6.31. The number of rotatable bonds is 4. The maximum Gasteiger partial charge on any atom is 0.295 e. The molecule has 32 heavy (non-hydrogen) atoms. The van der Waals surface area contributed by atoms with Gasteiger partial charge in [0.1, 0.15) is 6.54 Å². The van der Waals surface area contributed by atoms with E-state index in [1.54, 1.807) is 10.8 Å². The van der Waals surface area contributed by atoms with Gasteiger partial charge in [-0.25, -0.2) is 0 Å². The number of benzene rings is 2. The van der Waals surface area contributed by atoms with Crippen LogP contribution in [0.25, 0.3) is 10.9 Å². The van der Waals surface area contributed by atoms with E-state index in [0.717, 1.165) is 23.2 Å². The standard InChI is InChI=1S/C25H25N3O4/c1-17-14-18-6-2-4-8-21(18)28(17)23(29)16-27-15-20(19-7-3-5-9-22(19)27)24(30)25(31)26-10-12-32-13-11-26/h2-9,15,17H,10-14,16H2,1H3/t17-/m0/s1. The van der Waals surface area contributed by atoms with Crippen molar-refractivity contribution in [3.63, 3.8) is 0 Å². The molecule has 0 unspecified atom stereocenters. The molecule has 2 aliphatic heterocycles. The number of amides is 2. The second-order valence-electron chi connectivity index (χ2n) is 8.37. The lowest BCUT2D eigenvalue weighted by Crippen LogP contribution is -2.44. The van der Waals surface area contributed by atoms with E-state index >= 15 is 0 Å². The zero-order valence-corrected chi connectivity index (χ0v) is 18.0. The summed E-state index contributed by atoms with van der Waals surface area (Å²) in [6.07, 6.45) is 2.47. The average Bonchev–Trinajstić information content (AvgIpc) is 3.35. The number of Topliss-reactive ketones (excluding diaryl/α,β-unsaturated/α-hetero) is 1. The number of carbonyl (C=O) groups excluding carboxylic acids is 3. The third kappa shape index (κ3) is 3.48. The molecule has 0 bridgehead atoms. The van der Waals surface area contributed by atoms with Gasteiger partial charge in [-0.15, -0.1) is 0 Å². The molecule has 1 atom stereocenters. The van der Waals surface area contributed by atoms with E-state index in [2.05, 4.69) is 6.07 Å². The van der Waals surface area contributed by atoms with Crippen LogP contribution < -0.4 is 4.90 Å². The second kappa shape index (κ2) is 8.24. The number of carbonyl (C=O) groups is 3. The van der Waals surface area contributed by atoms with Crippen molar-refractivity contribution in [2.45, 2.75) is 25.9 Å². The predicted octanol–water partition coefficient (Wildman–Crippen LogP) is 2.66. The van der Waals surface area contributed by atoms with Crippen molar-refractivity contribution in [3.8, 4) is 0 Å². The highest BCUT2D eigenvalue weighted by Crippen LogP contribution is 2.32. The van der Waals surface area contributed by atoms with Crippen LogP contribution >= 0.6 is 0 Å². The van der Waals surface area contributed by atoms with E-state index in [-0.39, 0.29) is 18.5 Å². The van der Waals surface area contributed by atoms with Crippen LogP contribution in [0.1, 0.15) is 22.8 Å². The van der Waals surface area contributed by atoms with E-state index < -0.39 is 11.7 Å². The van der Waals surface area contributed by atoms with Crippen LogP contribution in [-0.2, 0) is 27.3 Å². The minimum absolute atomic E-state index is 0.0401. The Morgan fingerprint density at radius 1 is 1.00 bits per heavy atom. The summed E-state index contributed by atoms with van der Waals surface area (Å²) in [5.41, 5.74) is 3.21. The molecule has 2 aromatic carbocycles. The largest absolute Gasteiger partial charge is 0.378 e. The van der Waals surface area contributed by atoms with Crippen molar-refractivity contribution in [2.75, 3.05) is 31.2 Å². The molecule has 0 saturated carbocycles. The molecule has 7 nitrogen and oxygen atoms in total. The van der Waals surface area contributed by atoms with Crippen molar-refractivity contribution in [3.05, 3.63) is 65.9 Å². The number of hydrogen-bond acceptors (Lipinski definition) is 4. The zero-order valence-electron chi connectivity index (χ0n) is 18.0. The molecule has 2 amide bonds. The number of aromatic nitrogens is 1. The maximum atomic E-state index is 13.3. The molecule has 0 N–H and O–H groups in total. The first-order valence-corrected chi connectivity index (χ1v) is 10.9. The van der Waals surface area contributed by atoms with Gasteiger partial charge >= 0.3 is 0 Å². The van der Waals surface area contributed by atoms with Crippen molar-refractivity contribution in [1.29, 1.82) is 0 Å². The molecular formula is C25H25N3O4. The number of fused-ring (bicyclic) bond motifs is 2. The number of ketones is 1. The summed E-state index contributed by atoms with van der Waals surface area (Å²) >= 11 is 0. The van der Waals surface area contributed by atoms with Crippen LogP contribution in [0.2, 0.25) is 0 Å². The van der Waals surface area contributed by atoms with Gasteiger partial charge in [-0.1, -0.05) is 36.4 Å². The van der Waals surface area contributed by atoms with Crippen LogP contribution in [0.15, 0.2) is 54.7 Å². The lowest BCUT2D eigenvalue weighted by Gasteiger charge is -2.26. The average molecular weight is 431 g/mol. The minimum Gasteiger partial charge on any atom is -0.378 e. The van der Waals surface area contributed by atoms with Crippen LogP contribution in [0.5, 0.6) is 0 Å². The number of para-hydroxylation sites is 2. The molecule has 5 rings (SSSR count). The summed E-state index contributed by atoms with van der Waals surface area (Å²) in [5.74, 6) is -1.11. The Labute approximate surface area is 186 Å². The van der Waals surface area contributed by atoms with E-state index in [1.165, 1.54) is 4.90 Å². The molecule has 1 saturated heterocycles. The molecule has 164 valence electrons. The highest BCUT2D eigenvalue weighted by molar-refractivity contribution is 6.44. The second-order valence-corrected chi connectivity index (χ2v) is 8.37. The molecule has 3 aromatic rings. The highest BCUT2D eigenvalue weighted by atomic mass is 16.5. The van der Waals surface area contributed by atoms with Gasteiger partial charge in [0.05, 0.1) is 18.8 Å². The first-order chi connectivity index (χ1) is 15.5. The quantitative estimate of drug-likeness (QED) is 0.470. The number of nitrogens with zero attached hydrogens (tertiary/aromatic N) is 3. The Bertz CT molecular complexity index is 1210. The first kappa shape index (κ1) is 20.5. The summed E-state index contributed by atoms with van der Waals surface area (Å²) < 4.78 is 7.07. The van der Waals surface area contributed by atoms with Gasteiger partial charge in [0.2, 0.25) is 5.91 Å². The van der Waals surface area contributed by atoms with E-state index in [1.807, 2.05) is 54.3 Å². The molecule has 3 heterocycles. The van der Waals surface area contributed by atoms with E-state index in [0.29, 0.717) is 37.3 Å². The lowest BCUT2D eigenvalue weighted by molar-refractivity contribution is -0.130. The van der Waals surface area contributed by atoms with Crippen molar-refractivity contribution in [2.24, 2.45) is 0 Å². The van der Waals surface area contributed by atoms with Crippen molar-refractivity contribution < 1.29 is 19.1 Å². The Kier molecular flexibility index (Phi) is 5.27. The number of anilines is 1. The fraction of sp³-hybridized carbons (Fsp3) is 0.320. The molecule has 2 aliphatic rings. The molecule has 0 aliphatic carbocycles. The Morgan fingerprint density at radius 2 is 1.72 bits per heavy atom. The summed E-state index contributed by atoms with van der Waals surface area (Å²) in [7, 11) is 0. The van der Waals surface area contributed by atoms with Gasteiger partial charge in [0.25, 0.3) is 11.7 Å². The molecular weight excluding hydrogens is 406 g/mol. The summed E-state index contributed by atoms with van der Waals surface area (Å²) in [6, 6.07) is 15.4. The lowest BCUT2D eigenvalue weighted by atomic mass is 10.1. The van der Waals surface area contributed by atoms with E-state index in [9.17, 15) is 14.4 Å². The molecule has 0 spiro atoms. The van der Waals surface area contributed by atoms with Gasteiger partial charge in [0.15, 0.2) is 0 Å². The molecule has 0 radical (unpaired) electrons. The van der Waals surface area contributed by atoms with Crippen molar-refractivity contribution in [1.82, 2.24) is 9.47 Å². The van der Waals surface area contributed by atoms with Gasteiger partial charge in [-0.05, 0) is 31.0 Å². The first-order valence-electron chi connectivity index (χ1n) is 10.9. The molecule has 1 fully saturated rings. The zero-order chi connectivity index (χ0) is 22.2. The monoisotopic (exact) mass is 431 g/mol. The minimum atomic E-state index is -0.547. The van der Waals surface area contributed by atoms with Gasteiger partial charge in [-0.3, -0.25) is 14.4 Å². The third-order valence-electron chi connectivity index (χ3n) is 6.31. The summed E-state index contributed by atoms with van der Waals surface area (Å²) in [6.45, 7) is 3.83. The van der Waals surface area contributed by atoms with Crippen LogP contribution in [-0.4, -0.2) is 59.4 Å². The van der Waals surface area contributed by atoms with Crippen molar-refractivity contribution >= 4 is 34.2 Å². The topological polar surface area (TPSA) is 71.9 Å². The smallest absolute Gasteiger partial charge is 0.295 e. The maximum absolute atomic E-state index is 13.3. The Balaban J connectivity index is 1.45. The normalized spacial score (nSPS) is 18.1. The number of morpholine rings is 1. The number of ether oxygens (including phenoxy) is 1. The molecule has 7 heteroatoms. The van der Waals surface area contributed by atoms with Gasteiger partial charge in [-0.2, -0.15) is 0 Å². The summed E-state index contributed by atoms with van der Waals surface area (Å²) in [5, 5.41) is 0.682. The predicted molar refractivity (Wildman–Crippen MR) is 121 cm³/mol. The number of hydrogen-bond donors (Lipinski definition) is 0. The van der Waals surface area contributed by atoms with E-state index in [4.69, 9.17) is 4.74 Å². The Hall–Kier alpha value is -3.45. The SMILES string of the molecule is C[C@H]1Cc2ccccc2N1C(=O)Cn1cc(C(=O)C(=O)N2CCOCC2)c2ccccc21. The van der Waals surface area contributed by atoms with Crippen LogP contribution in [0, 0.1) is 0 Å². The van der Waals surface area contributed by atoms with Crippen LogP contribution in [0.4, 0.5) is 5.69 Å². The van der Waals surface area contributed by atoms with Crippen LogP contribution in [0.3, 0.4) is 0 Å². The van der Waals surface area contributed by atoms with Gasteiger partial charge in [0, 0.05) is 41.9 Å². The fourth-order valence-corrected chi connectivity index (χ4v) is 4.75. The highest BCUT2D eigenvalue weighted by Gasteiger charge is 2.32. The summed E-state index contributed by atoms with van der Waals surface area (Å²) in [4.78, 5) is 42.6.